The number of anilines is 2. The largest absolute Gasteiger partial charge is 0.417 e. The second-order valence-electron chi connectivity index (χ2n) is 8.07. The van der Waals surface area contributed by atoms with Crippen molar-refractivity contribution in [1.82, 2.24) is 15.2 Å². The van der Waals surface area contributed by atoms with E-state index in [1.54, 1.807) is 24.4 Å². The van der Waals surface area contributed by atoms with Gasteiger partial charge in [-0.1, -0.05) is 42.5 Å². The molecule has 1 aliphatic rings. The van der Waals surface area contributed by atoms with Crippen LogP contribution in [0.3, 0.4) is 0 Å². The quantitative estimate of drug-likeness (QED) is 0.530. The smallest absolute Gasteiger partial charge is 0.367 e. The fourth-order valence-corrected chi connectivity index (χ4v) is 3.83. The lowest BCUT2D eigenvalue weighted by Gasteiger charge is -2.36. The lowest BCUT2D eigenvalue weighted by molar-refractivity contribution is -0.138. The molecule has 0 unspecified atom stereocenters. The maximum Gasteiger partial charge on any atom is 0.417 e. The van der Waals surface area contributed by atoms with Crippen molar-refractivity contribution in [3.63, 3.8) is 0 Å². The summed E-state index contributed by atoms with van der Waals surface area (Å²) in [6, 6.07) is 17.4. The van der Waals surface area contributed by atoms with E-state index >= 15 is 0 Å². The van der Waals surface area contributed by atoms with Gasteiger partial charge in [-0.3, -0.25) is 10.1 Å². The molecule has 2 aromatic carbocycles. The predicted molar refractivity (Wildman–Crippen MR) is 131 cm³/mol. The van der Waals surface area contributed by atoms with Gasteiger partial charge in [-0.25, -0.2) is 9.78 Å². The van der Waals surface area contributed by atoms with Gasteiger partial charge in [-0.15, -0.1) is 0 Å². The van der Waals surface area contributed by atoms with Gasteiger partial charge in [-0.05, 0) is 35.9 Å². The molecule has 0 saturated carbocycles. The van der Waals surface area contributed by atoms with Crippen molar-refractivity contribution in [3.8, 4) is 0 Å². The number of amides is 3. The van der Waals surface area contributed by atoms with Gasteiger partial charge in [0.2, 0.25) is 0 Å². The SMILES string of the molecule is O=C(NC=Cc1ccccc1)Nc1ccc(N2CCN(C(=O)c3ccccc3C(F)(F)F)CC2)cn1. The number of hydrogen-bond acceptors (Lipinski definition) is 4. The zero-order valence-electron chi connectivity index (χ0n) is 19.2. The minimum absolute atomic E-state index is 0.279. The molecule has 36 heavy (non-hydrogen) atoms. The maximum absolute atomic E-state index is 13.3. The Morgan fingerprint density at radius 2 is 1.58 bits per heavy atom. The van der Waals surface area contributed by atoms with Crippen molar-refractivity contribution < 1.29 is 22.8 Å². The minimum Gasteiger partial charge on any atom is -0.367 e. The Balaban J connectivity index is 1.29. The molecule has 3 aromatic rings. The van der Waals surface area contributed by atoms with E-state index in [-0.39, 0.29) is 18.7 Å². The second kappa shape index (κ2) is 10.9. The van der Waals surface area contributed by atoms with Crippen molar-refractivity contribution in [2.24, 2.45) is 0 Å². The molecule has 2 heterocycles. The van der Waals surface area contributed by atoms with Gasteiger partial charge in [0.05, 0.1) is 23.0 Å². The van der Waals surface area contributed by atoms with Crippen LogP contribution in [-0.4, -0.2) is 48.0 Å². The topological polar surface area (TPSA) is 77.6 Å². The van der Waals surface area contributed by atoms with Crippen LogP contribution < -0.4 is 15.5 Å². The van der Waals surface area contributed by atoms with Crippen LogP contribution >= 0.6 is 0 Å². The molecular formula is C26H24F3N5O2. The highest BCUT2D eigenvalue weighted by atomic mass is 19.4. The standard InChI is InChI=1S/C26H24F3N5O2/c27-26(28,29)22-9-5-4-8-21(22)24(35)34-16-14-33(15-17-34)20-10-11-23(31-18-20)32-25(36)30-13-12-19-6-2-1-3-7-19/h1-13,18H,14-17H2,(H2,30,31,32,36). The number of pyridine rings is 1. The molecule has 186 valence electrons. The van der Waals surface area contributed by atoms with Crippen molar-refractivity contribution in [2.45, 2.75) is 6.18 Å². The van der Waals surface area contributed by atoms with Crippen LogP contribution in [0, 0.1) is 0 Å². The molecule has 10 heteroatoms. The molecule has 1 saturated heterocycles. The number of aromatic nitrogens is 1. The van der Waals surface area contributed by atoms with E-state index in [4.69, 9.17) is 0 Å². The van der Waals surface area contributed by atoms with Crippen LogP contribution in [0.15, 0.2) is 79.1 Å². The monoisotopic (exact) mass is 495 g/mol. The number of piperazine rings is 1. The highest BCUT2D eigenvalue weighted by Crippen LogP contribution is 2.32. The third-order valence-electron chi connectivity index (χ3n) is 5.67. The van der Waals surface area contributed by atoms with Crippen molar-refractivity contribution in [1.29, 1.82) is 0 Å². The van der Waals surface area contributed by atoms with Gasteiger partial charge in [0.1, 0.15) is 5.82 Å². The van der Waals surface area contributed by atoms with E-state index in [0.717, 1.165) is 17.3 Å². The predicted octanol–water partition coefficient (Wildman–Crippen LogP) is 4.86. The Morgan fingerprint density at radius 1 is 0.889 bits per heavy atom. The van der Waals surface area contributed by atoms with E-state index in [9.17, 15) is 22.8 Å². The van der Waals surface area contributed by atoms with Crippen LogP contribution in [0.4, 0.5) is 29.5 Å². The summed E-state index contributed by atoms with van der Waals surface area (Å²) in [6.45, 7) is 1.45. The number of halogens is 3. The number of nitrogens with zero attached hydrogens (tertiary/aromatic N) is 3. The van der Waals surface area contributed by atoms with Gasteiger partial charge in [0.25, 0.3) is 5.91 Å². The molecule has 1 aromatic heterocycles. The number of carbonyl (C=O) groups excluding carboxylic acids is 2. The average Bonchev–Trinajstić information content (AvgIpc) is 2.89. The Kier molecular flexibility index (Phi) is 7.53. The van der Waals surface area contributed by atoms with Crippen LogP contribution in [-0.2, 0) is 6.18 Å². The first kappa shape index (κ1) is 24.8. The van der Waals surface area contributed by atoms with Crippen LogP contribution in [0.2, 0.25) is 0 Å². The minimum atomic E-state index is -4.59. The van der Waals surface area contributed by atoms with Gasteiger partial charge in [-0.2, -0.15) is 13.2 Å². The molecule has 0 spiro atoms. The molecule has 0 radical (unpaired) electrons. The Hall–Kier alpha value is -4.34. The molecule has 3 amide bonds. The van der Waals surface area contributed by atoms with Gasteiger partial charge >= 0.3 is 12.2 Å². The maximum atomic E-state index is 13.3. The first-order valence-corrected chi connectivity index (χ1v) is 11.3. The van der Waals surface area contributed by atoms with E-state index < -0.39 is 23.7 Å². The Bertz CT molecular complexity index is 1220. The van der Waals surface area contributed by atoms with Gasteiger partial charge in [0, 0.05) is 32.4 Å². The number of benzene rings is 2. The zero-order valence-corrected chi connectivity index (χ0v) is 19.2. The fraction of sp³-hybridized carbons (Fsp3) is 0.192. The van der Waals surface area contributed by atoms with E-state index in [0.29, 0.717) is 18.9 Å². The summed E-state index contributed by atoms with van der Waals surface area (Å²) in [6.07, 6.45) is 0.311. The molecule has 0 aliphatic carbocycles. The highest BCUT2D eigenvalue weighted by molar-refractivity contribution is 5.96. The summed E-state index contributed by atoms with van der Waals surface area (Å²) in [5.41, 5.74) is 0.469. The van der Waals surface area contributed by atoms with Crippen LogP contribution in [0.1, 0.15) is 21.5 Å². The molecular weight excluding hydrogens is 471 g/mol. The number of urea groups is 1. The molecule has 2 N–H and O–H groups in total. The molecule has 0 atom stereocenters. The summed E-state index contributed by atoms with van der Waals surface area (Å²) in [5, 5.41) is 5.25. The van der Waals surface area contributed by atoms with E-state index in [1.165, 1.54) is 29.3 Å². The first-order valence-electron chi connectivity index (χ1n) is 11.3. The average molecular weight is 496 g/mol. The number of alkyl halides is 3. The normalized spacial score (nSPS) is 14.1. The van der Waals surface area contributed by atoms with Crippen molar-refractivity contribution in [3.05, 3.63) is 95.8 Å². The second-order valence-corrected chi connectivity index (χ2v) is 8.07. The van der Waals surface area contributed by atoms with E-state index in [2.05, 4.69) is 15.6 Å². The summed E-state index contributed by atoms with van der Waals surface area (Å²) < 4.78 is 39.9. The number of carbonyl (C=O) groups is 2. The van der Waals surface area contributed by atoms with E-state index in [1.807, 2.05) is 35.2 Å². The van der Waals surface area contributed by atoms with Crippen molar-refractivity contribution in [2.75, 3.05) is 36.4 Å². The summed E-state index contributed by atoms with van der Waals surface area (Å²) >= 11 is 0. The first-order chi connectivity index (χ1) is 17.3. The summed E-state index contributed by atoms with van der Waals surface area (Å²) in [4.78, 5) is 32.5. The van der Waals surface area contributed by atoms with Gasteiger partial charge < -0.3 is 15.1 Å². The van der Waals surface area contributed by atoms with Gasteiger partial charge in [0.15, 0.2) is 0 Å². The molecule has 4 rings (SSSR count). The molecule has 1 aliphatic heterocycles. The number of hydrogen-bond donors (Lipinski definition) is 2. The molecule has 1 fully saturated rings. The Labute approximate surface area is 206 Å². The lowest BCUT2D eigenvalue weighted by Crippen LogP contribution is -2.49. The van der Waals surface area contributed by atoms with Crippen LogP contribution in [0.25, 0.3) is 6.08 Å². The third kappa shape index (κ3) is 6.21. The number of rotatable bonds is 5. The fourth-order valence-electron chi connectivity index (χ4n) is 3.83. The molecule has 0 bridgehead atoms. The highest BCUT2D eigenvalue weighted by Gasteiger charge is 2.36. The lowest BCUT2D eigenvalue weighted by atomic mass is 10.1. The summed E-state index contributed by atoms with van der Waals surface area (Å²) in [7, 11) is 0. The van der Waals surface area contributed by atoms with Crippen molar-refractivity contribution >= 4 is 29.5 Å². The summed E-state index contributed by atoms with van der Waals surface area (Å²) in [5.74, 6) is -0.269. The number of nitrogens with one attached hydrogen (secondary N) is 2. The molecule has 7 nitrogen and oxygen atoms in total. The Morgan fingerprint density at radius 3 is 2.25 bits per heavy atom. The third-order valence-corrected chi connectivity index (χ3v) is 5.67. The zero-order chi connectivity index (χ0) is 25.5. The van der Waals surface area contributed by atoms with Crippen LogP contribution in [0.5, 0.6) is 0 Å².